The van der Waals surface area contributed by atoms with Gasteiger partial charge >= 0.3 is 0 Å². The summed E-state index contributed by atoms with van der Waals surface area (Å²) < 4.78 is 18.9. The van der Waals surface area contributed by atoms with Gasteiger partial charge in [0, 0.05) is 33.7 Å². The van der Waals surface area contributed by atoms with Crippen LogP contribution in [0.4, 0.5) is 0 Å². The Morgan fingerprint density at radius 1 is 1.47 bits per heavy atom. The normalized spacial score (nSPS) is 22.3. The van der Waals surface area contributed by atoms with E-state index in [1.54, 1.807) is 0 Å². The van der Waals surface area contributed by atoms with Crippen LogP contribution >= 0.6 is 15.9 Å². The van der Waals surface area contributed by atoms with Crippen molar-refractivity contribution in [3.05, 3.63) is 28.7 Å². The van der Waals surface area contributed by atoms with Crippen LogP contribution in [0.3, 0.4) is 0 Å². The van der Waals surface area contributed by atoms with Gasteiger partial charge in [0.2, 0.25) is 0 Å². The second kappa shape index (κ2) is 7.53. The Hall–Kier alpha value is -0.230. The summed E-state index contributed by atoms with van der Waals surface area (Å²) in [5.41, 5.74) is 0. The van der Waals surface area contributed by atoms with Crippen LogP contribution in [0.15, 0.2) is 33.6 Å². The first-order valence-electron chi connectivity index (χ1n) is 6.65. The van der Waals surface area contributed by atoms with Crippen LogP contribution in [0, 0.1) is 5.92 Å². The van der Waals surface area contributed by atoms with Gasteiger partial charge in [0.1, 0.15) is 0 Å². The van der Waals surface area contributed by atoms with Crippen molar-refractivity contribution < 1.29 is 8.95 Å². The van der Waals surface area contributed by atoms with Crippen LogP contribution in [0.2, 0.25) is 0 Å². The average molecular weight is 346 g/mol. The van der Waals surface area contributed by atoms with Crippen LogP contribution in [-0.4, -0.2) is 35.8 Å². The number of nitrogens with one attached hydrogen (secondary N) is 1. The van der Waals surface area contributed by atoms with Crippen molar-refractivity contribution in [3.8, 4) is 0 Å². The third kappa shape index (κ3) is 4.38. The Balaban J connectivity index is 1.99. The Morgan fingerprint density at radius 3 is 2.79 bits per heavy atom. The van der Waals surface area contributed by atoms with Gasteiger partial charge in [-0.2, -0.15) is 0 Å². The first kappa shape index (κ1) is 15.2. The van der Waals surface area contributed by atoms with Crippen LogP contribution < -0.4 is 5.32 Å². The van der Waals surface area contributed by atoms with Crippen LogP contribution in [0.25, 0.3) is 0 Å². The number of halogens is 1. The summed E-state index contributed by atoms with van der Waals surface area (Å²) in [5, 5.41) is 3.45. The highest BCUT2D eigenvalue weighted by Crippen LogP contribution is 2.20. The average Bonchev–Trinajstić information content (AvgIpc) is 2.92. The standard InChI is InChI=1S/C14H20BrNO2S/c1-2-16-14(11-7-8-18-9-11)10-19(17)13-5-3-12(15)4-6-13/h3-6,11,14,16H,2,7-10H2,1H3. The molecule has 0 saturated carbocycles. The van der Waals surface area contributed by atoms with E-state index in [2.05, 4.69) is 28.2 Å². The molecule has 2 rings (SSSR count). The van der Waals surface area contributed by atoms with E-state index in [-0.39, 0.29) is 6.04 Å². The van der Waals surface area contributed by atoms with Crippen molar-refractivity contribution in [2.45, 2.75) is 24.3 Å². The van der Waals surface area contributed by atoms with Gasteiger partial charge in [0.25, 0.3) is 0 Å². The summed E-state index contributed by atoms with van der Waals surface area (Å²) in [6, 6.07) is 8.00. The minimum atomic E-state index is -0.958. The maximum atomic E-state index is 12.4. The van der Waals surface area contributed by atoms with Crippen molar-refractivity contribution in [2.24, 2.45) is 5.92 Å². The molecule has 1 N–H and O–H groups in total. The van der Waals surface area contributed by atoms with Gasteiger partial charge in [0.15, 0.2) is 0 Å². The first-order valence-corrected chi connectivity index (χ1v) is 8.77. The highest BCUT2D eigenvalue weighted by Gasteiger charge is 2.26. The lowest BCUT2D eigenvalue weighted by molar-refractivity contribution is 0.179. The molecule has 1 aromatic carbocycles. The van der Waals surface area contributed by atoms with E-state index in [9.17, 15) is 4.21 Å². The van der Waals surface area contributed by atoms with Gasteiger partial charge in [-0.25, -0.2) is 0 Å². The molecule has 0 radical (unpaired) electrons. The third-order valence-corrected chi connectivity index (χ3v) is 5.40. The Kier molecular flexibility index (Phi) is 6.01. The summed E-state index contributed by atoms with van der Waals surface area (Å²) in [5.74, 6) is 1.14. The molecular formula is C14H20BrNO2S. The molecule has 1 aromatic rings. The zero-order valence-electron chi connectivity index (χ0n) is 11.1. The second-order valence-electron chi connectivity index (χ2n) is 4.75. The molecule has 3 unspecified atom stereocenters. The predicted molar refractivity (Wildman–Crippen MR) is 81.8 cm³/mol. The summed E-state index contributed by atoms with van der Waals surface area (Å²) in [4.78, 5) is 0.894. The number of ether oxygens (including phenoxy) is 1. The minimum absolute atomic E-state index is 0.275. The lowest BCUT2D eigenvalue weighted by atomic mass is 10.0. The monoisotopic (exact) mass is 345 g/mol. The molecule has 1 heterocycles. The molecule has 0 aliphatic carbocycles. The topological polar surface area (TPSA) is 38.3 Å². The van der Waals surface area contributed by atoms with Gasteiger partial charge in [-0.05, 0) is 37.2 Å². The highest BCUT2D eigenvalue weighted by molar-refractivity contribution is 9.10. The molecule has 0 amide bonds. The smallest absolute Gasteiger partial charge is 0.0545 e. The molecule has 3 nitrogen and oxygen atoms in total. The van der Waals surface area contributed by atoms with Crippen LogP contribution in [-0.2, 0) is 15.5 Å². The molecule has 0 aromatic heterocycles. The fourth-order valence-electron chi connectivity index (χ4n) is 2.34. The molecule has 1 aliphatic rings. The number of hydrogen-bond acceptors (Lipinski definition) is 3. The lowest BCUT2D eigenvalue weighted by Crippen LogP contribution is -2.40. The van der Waals surface area contributed by atoms with E-state index in [0.717, 1.165) is 35.5 Å². The van der Waals surface area contributed by atoms with Crippen LogP contribution in [0.1, 0.15) is 13.3 Å². The molecule has 1 aliphatic heterocycles. The third-order valence-electron chi connectivity index (χ3n) is 3.41. The largest absolute Gasteiger partial charge is 0.381 e. The number of hydrogen-bond donors (Lipinski definition) is 1. The molecule has 0 bridgehead atoms. The maximum absolute atomic E-state index is 12.4. The first-order chi connectivity index (χ1) is 9.20. The number of rotatable bonds is 6. The molecular weight excluding hydrogens is 326 g/mol. The summed E-state index contributed by atoms with van der Waals surface area (Å²) in [6.07, 6.45) is 1.06. The predicted octanol–water partition coefficient (Wildman–Crippen LogP) is 2.57. The molecule has 1 fully saturated rings. The van der Waals surface area contributed by atoms with E-state index < -0.39 is 10.8 Å². The molecule has 3 atom stereocenters. The maximum Gasteiger partial charge on any atom is 0.0545 e. The SMILES string of the molecule is CCNC(CS(=O)c1ccc(Br)cc1)C1CCOC1. The zero-order chi connectivity index (χ0) is 13.7. The summed E-state index contributed by atoms with van der Waals surface area (Å²) >= 11 is 3.40. The van der Waals surface area contributed by atoms with Crippen molar-refractivity contribution in [3.63, 3.8) is 0 Å². The van der Waals surface area contributed by atoms with Gasteiger partial charge in [-0.3, -0.25) is 4.21 Å². The summed E-state index contributed by atoms with van der Waals surface area (Å²) in [6.45, 7) is 4.61. The van der Waals surface area contributed by atoms with Crippen molar-refractivity contribution in [2.75, 3.05) is 25.5 Å². The molecule has 0 spiro atoms. The van der Waals surface area contributed by atoms with E-state index >= 15 is 0 Å². The lowest BCUT2D eigenvalue weighted by Gasteiger charge is -2.22. The molecule has 1 saturated heterocycles. The molecule has 5 heteroatoms. The fraction of sp³-hybridized carbons (Fsp3) is 0.571. The van der Waals surface area contributed by atoms with E-state index in [1.165, 1.54) is 0 Å². The molecule has 19 heavy (non-hydrogen) atoms. The number of benzene rings is 1. The highest BCUT2D eigenvalue weighted by atomic mass is 79.9. The fourth-order valence-corrected chi connectivity index (χ4v) is 3.95. The van der Waals surface area contributed by atoms with Gasteiger partial charge in [-0.1, -0.05) is 22.9 Å². The Labute approximate surface area is 125 Å². The van der Waals surface area contributed by atoms with Crippen molar-refractivity contribution >= 4 is 26.7 Å². The van der Waals surface area contributed by atoms with Gasteiger partial charge in [-0.15, -0.1) is 0 Å². The van der Waals surface area contributed by atoms with E-state index in [0.29, 0.717) is 11.7 Å². The van der Waals surface area contributed by atoms with Crippen molar-refractivity contribution in [1.82, 2.24) is 5.32 Å². The Morgan fingerprint density at radius 2 is 2.21 bits per heavy atom. The van der Waals surface area contributed by atoms with E-state index in [4.69, 9.17) is 4.74 Å². The molecule has 106 valence electrons. The van der Waals surface area contributed by atoms with Gasteiger partial charge in [0.05, 0.1) is 17.4 Å². The van der Waals surface area contributed by atoms with E-state index in [1.807, 2.05) is 24.3 Å². The minimum Gasteiger partial charge on any atom is -0.381 e. The summed E-state index contributed by atoms with van der Waals surface area (Å²) in [7, 11) is -0.958. The second-order valence-corrected chi connectivity index (χ2v) is 7.17. The quantitative estimate of drug-likeness (QED) is 0.860. The Bertz CT molecular complexity index is 418. The van der Waals surface area contributed by atoms with Crippen LogP contribution in [0.5, 0.6) is 0 Å². The van der Waals surface area contributed by atoms with Crippen molar-refractivity contribution in [1.29, 1.82) is 0 Å². The zero-order valence-corrected chi connectivity index (χ0v) is 13.5. The van der Waals surface area contributed by atoms with Gasteiger partial charge < -0.3 is 10.1 Å².